The molecule has 1 aliphatic rings. The monoisotopic (exact) mass is 157 g/mol. The van der Waals surface area contributed by atoms with Crippen molar-refractivity contribution >= 4 is 11.8 Å². The summed E-state index contributed by atoms with van der Waals surface area (Å²) in [6.07, 6.45) is 0.295. The third kappa shape index (κ3) is 1.57. The van der Waals surface area contributed by atoms with Crippen molar-refractivity contribution in [1.82, 2.24) is 4.90 Å². The maximum Gasteiger partial charge on any atom is 0.323 e. The first kappa shape index (κ1) is 8.20. The molecule has 0 aliphatic carbocycles. The lowest BCUT2D eigenvalue weighted by Crippen LogP contribution is -2.33. The van der Waals surface area contributed by atoms with Crippen molar-refractivity contribution in [2.24, 2.45) is 0 Å². The minimum atomic E-state index is -0.354. The molecule has 1 fully saturated rings. The predicted molar refractivity (Wildman–Crippen MR) is 38.1 cm³/mol. The van der Waals surface area contributed by atoms with Crippen molar-refractivity contribution in [2.75, 3.05) is 20.7 Å². The molecule has 4 heteroatoms. The number of nitrogens with zero attached hydrogens (tertiary/aromatic N) is 1. The first-order valence-electron chi connectivity index (χ1n) is 3.45. The van der Waals surface area contributed by atoms with E-state index < -0.39 is 0 Å². The molecule has 0 N–H and O–H groups in total. The zero-order valence-electron chi connectivity index (χ0n) is 6.66. The molecule has 0 amide bonds. The van der Waals surface area contributed by atoms with E-state index in [9.17, 15) is 9.59 Å². The van der Waals surface area contributed by atoms with Crippen LogP contribution in [0.3, 0.4) is 0 Å². The van der Waals surface area contributed by atoms with Crippen LogP contribution in [-0.2, 0) is 14.3 Å². The van der Waals surface area contributed by atoms with Crippen LogP contribution in [0.15, 0.2) is 0 Å². The SMILES string of the molecule is COC(=O)C1CC(=O)CN1C. The maximum atomic E-state index is 11.0. The third-order valence-corrected chi connectivity index (χ3v) is 1.85. The summed E-state index contributed by atoms with van der Waals surface area (Å²) in [5.41, 5.74) is 0. The highest BCUT2D eigenvalue weighted by atomic mass is 16.5. The Kier molecular flexibility index (Phi) is 2.24. The van der Waals surface area contributed by atoms with Gasteiger partial charge in [-0.05, 0) is 7.05 Å². The average molecular weight is 157 g/mol. The number of likely N-dealkylation sites (tertiary alicyclic amines) is 1. The van der Waals surface area contributed by atoms with E-state index in [1.54, 1.807) is 11.9 Å². The van der Waals surface area contributed by atoms with Gasteiger partial charge in [0.05, 0.1) is 13.7 Å². The van der Waals surface area contributed by atoms with Gasteiger partial charge in [0.1, 0.15) is 11.8 Å². The summed E-state index contributed by atoms with van der Waals surface area (Å²) in [6.45, 7) is 0.361. The van der Waals surface area contributed by atoms with Crippen molar-refractivity contribution in [3.05, 3.63) is 0 Å². The van der Waals surface area contributed by atoms with Crippen molar-refractivity contribution in [1.29, 1.82) is 0 Å². The molecule has 1 saturated heterocycles. The Morgan fingerprint density at radius 3 is 2.73 bits per heavy atom. The van der Waals surface area contributed by atoms with E-state index in [2.05, 4.69) is 4.74 Å². The van der Waals surface area contributed by atoms with Gasteiger partial charge in [0.15, 0.2) is 0 Å². The van der Waals surface area contributed by atoms with Gasteiger partial charge >= 0.3 is 5.97 Å². The molecule has 0 saturated carbocycles. The van der Waals surface area contributed by atoms with E-state index in [1.807, 2.05) is 0 Å². The van der Waals surface area contributed by atoms with Crippen LogP contribution in [0.4, 0.5) is 0 Å². The number of methoxy groups -OCH3 is 1. The Labute approximate surface area is 65.1 Å². The smallest absolute Gasteiger partial charge is 0.323 e. The second-order valence-corrected chi connectivity index (χ2v) is 2.70. The largest absolute Gasteiger partial charge is 0.468 e. The van der Waals surface area contributed by atoms with Gasteiger partial charge in [-0.3, -0.25) is 14.5 Å². The van der Waals surface area contributed by atoms with Crippen molar-refractivity contribution in [3.8, 4) is 0 Å². The molecule has 0 bridgehead atoms. The second kappa shape index (κ2) is 3.00. The molecule has 11 heavy (non-hydrogen) atoms. The fraction of sp³-hybridized carbons (Fsp3) is 0.714. The molecule has 1 rings (SSSR count). The number of carbonyl (C=O) groups excluding carboxylic acids is 2. The lowest BCUT2D eigenvalue weighted by Gasteiger charge is -2.14. The van der Waals surface area contributed by atoms with E-state index in [1.165, 1.54) is 7.11 Å². The molecule has 0 spiro atoms. The van der Waals surface area contributed by atoms with E-state index in [-0.39, 0.29) is 17.8 Å². The maximum absolute atomic E-state index is 11.0. The van der Waals surface area contributed by atoms with E-state index in [0.29, 0.717) is 13.0 Å². The third-order valence-electron chi connectivity index (χ3n) is 1.85. The Morgan fingerprint density at radius 2 is 2.36 bits per heavy atom. The van der Waals surface area contributed by atoms with E-state index >= 15 is 0 Å². The summed E-state index contributed by atoms with van der Waals surface area (Å²) in [4.78, 5) is 23.5. The standard InChI is InChI=1S/C7H11NO3/c1-8-4-5(9)3-6(8)7(10)11-2/h6H,3-4H2,1-2H3. The molecule has 0 aromatic carbocycles. The molecule has 1 heterocycles. The lowest BCUT2D eigenvalue weighted by molar-refractivity contribution is -0.145. The minimum absolute atomic E-state index is 0.0999. The quantitative estimate of drug-likeness (QED) is 0.478. The number of hydrogen-bond donors (Lipinski definition) is 0. The topological polar surface area (TPSA) is 46.6 Å². The first-order valence-corrected chi connectivity index (χ1v) is 3.45. The van der Waals surface area contributed by atoms with Crippen LogP contribution in [0, 0.1) is 0 Å². The Bertz CT molecular complexity index is 190. The molecule has 0 aromatic rings. The summed E-state index contributed by atoms with van der Waals surface area (Å²) in [5, 5.41) is 0. The molecule has 1 aliphatic heterocycles. The Hall–Kier alpha value is -0.900. The molecular weight excluding hydrogens is 146 g/mol. The van der Waals surface area contributed by atoms with Gasteiger partial charge in [0, 0.05) is 6.42 Å². The molecule has 1 atom stereocenters. The number of likely N-dealkylation sites (N-methyl/N-ethyl adjacent to an activating group) is 1. The average Bonchev–Trinajstić information content (AvgIpc) is 2.28. The van der Waals surface area contributed by atoms with Gasteiger partial charge in [0.25, 0.3) is 0 Å². The van der Waals surface area contributed by atoms with Crippen LogP contribution < -0.4 is 0 Å². The van der Waals surface area contributed by atoms with Crippen molar-refractivity contribution < 1.29 is 14.3 Å². The minimum Gasteiger partial charge on any atom is -0.468 e. The number of hydrogen-bond acceptors (Lipinski definition) is 4. The van der Waals surface area contributed by atoms with Gasteiger partial charge in [0.2, 0.25) is 0 Å². The second-order valence-electron chi connectivity index (χ2n) is 2.70. The lowest BCUT2D eigenvalue weighted by atomic mass is 10.2. The normalized spacial score (nSPS) is 25.6. The number of esters is 1. The van der Waals surface area contributed by atoms with Crippen molar-refractivity contribution in [3.63, 3.8) is 0 Å². The number of ether oxygens (including phenoxy) is 1. The van der Waals surface area contributed by atoms with Crippen LogP contribution >= 0.6 is 0 Å². The van der Waals surface area contributed by atoms with Crippen LogP contribution in [0.5, 0.6) is 0 Å². The van der Waals surface area contributed by atoms with Crippen LogP contribution in [0.25, 0.3) is 0 Å². The molecule has 0 aromatic heterocycles. The number of ketones is 1. The Balaban J connectivity index is 2.59. The van der Waals surface area contributed by atoms with Crippen LogP contribution in [0.1, 0.15) is 6.42 Å². The number of Topliss-reactive ketones (excluding diaryl/α,β-unsaturated/α-hetero) is 1. The fourth-order valence-corrected chi connectivity index (χ4v) is 1.22. The molecule has 1 unspecified atom stereocenters. The highest BCUT2D eigenvalue weighted by Gasteiger charge is 2.33. The summed E-state index contributed by atoms with van der Waals surface area (Å²) in [7, 11) is 3.07. The first-order chi connectivity index (χ1) is 5.15. The molecule has 0 radical (unpaired) electrons. The van der Waals surface area contributed by atoms with E-state index in [4.69, 9.17) is 0 Å². The van der Waals surface area contributed by atoms with Gasteiger partial charge in [-0.25, -0.2) is 0 Å². The van der Waals surface area contributed by atoms with Crippen LogP contribution in [-0.4, -0.2) is 43.4 Å². The van der Waals surface area contributed by atoms with E-state index in [0.717, 1.165) is 0 Å². The summed E-state index contributed by atoms with van der Waals surface area (Å²) in [5.74, 6) is -0.221. The van der Waals surface area contributed by atoms with Gasteiger partial charge in [-0.1, -0.05) is 0 Å². The number of rotatable bonds is 1. The fourth-order valence-electron chi connectivity index (χ4n) is 1.22. The highest BCUT2D eigenvalue weighted by molar-refractivity contribution is 5.91. The van der Waals surface area contributed by atoms with Crippen molar-refractivity contribution in [2.45, 2.75) is 12.5 Å². The van der Waals surface area contributed by atoms with Gasteiger partial charge in [-0.15, -0.1) is 0 Å². The zero-order valence-corrected chi connectivity index (χ0v) is 6.66. The molecular formula is C7H11NO3. The van der Waals surface area contributed by atoms with Gasteiger partial charge in [-0.2, -0.15) is 0 Å². The molecule has 4 nitrogen and oxygen atoms in total. The van der Waals surface area contributed by atoms with Crippen LogP contribution in [0.2, 0.25) is 0 Å². The zero-order chi connectivity index (χ0) is 8.43. The summed E-state index contributed by atoms with van der Waals surface area (Å²) in [6, 6.07) is -0.354. The summed E-state index contributed by atoms with van der Waals surface area (Å²) < 4.78 is 4.52. The number of carbonyl (C=O) groups is 2. The summed E-state index contributed by atoms with van der Waals surface area (Å²) >= 11 is 0. The molecule has 62 valence electrons. The Morgan fingerprint density at radius 1 is 1.73 bits per heavy atom. The van der Waals surface area contributed by atoms with Gasteiger partial charge < -0.3 is 4.74 Å². The predicted octanol–water partition coefficient (Wildman–Crippen LogP) is -0.567. The highest BCUT2D eigenvalue weighted by Crippen LogP contribution is 2.12.